The number of rotatable bonds is 10. The molecule has 26 heavy (non-hydrogen) atoms. The number of aliphatic hydroxyl groups is 3. The third-order valence-electron chi connectivity index (χ3n) is 4.95. The highest BCUT2D eigenvalue weighted by Gasteiger charge is 2.28. The van der Waals surface area contributed by atoms with Gasteiger partial charge in [0.1, 0.15) is 0 Å². The zero-order chi connectivity index (χ0) is 19.0. The standard InChI is InChI=1S/C22H31NO3/c1-17-13-19(10-6-5-9-18-7-3-2-4-8-18)11-12-20(17)21(26)14-22(23,15-24)16-25/h2-4,7-8,11-13,21,24-26H,5-6,9-10,14-16,23H2,1H3. The molecule has 0 saturated heterocycles. The molecule has 0 aliphatic rings. The van der Waals surface area contributed by atoms with Crippen molar-refractivity contribution in [2.75, 3.05) is 13.2 Å². The van der Waals surface area contributed by atoms with E-state index < -0.39 is 11.6 Å². The third-order valence-corrected chi connectivity index (χ3v) is 4.95. The van der Waals surface area contributed by atoms with Crippen molar-refractivity contribution in [3.05, 3.63) is 70.8 Å². The van der Waals surface area contributed by atoms with E-state index >= 15 is 0 Å². The van der Waals surface area contributed by atoms with Gasteiger partial charge in [0, 0.05) is 0 Å². The number of benzene rings is 2. The fourth-order valence-corrected chi connectivity index (χ4v) is 3.24. The van der Waals surface area contributed by atoms with E-state index in [0.29, 0.717) is 0 Å². The van der Waals surface area contributed by atoms with Gasteiger partial charge >= 0.3 is 0 Å². The first-order valence-corrected chi connectivity index (χ1v) is 9.29. The molecule has 4 heteroatoms. The van der Waals surface area contributed by atoms with Crippen LogP contribution < -0.4 is 5.73 Å². The second kappa shape index (κ2) is 9.83. The average molecular weight is 357 g/mol. The highest BCUT2D eigenvalue weighted by molar-refractivity contribution is 5.33. The number of hydrogen-bond acceptors (Lipinski definition) is 4. The van der Waals surface area contributed by atoms with E-state index in [-0.39, 0.29) is 19.6 Å². The van der Waals surface area contributed by atoms with Crippen LogP contribution in [0.15, 0.2) is 48.5 Å². The Morgan fingerprint density at radius 3 is 2.12 bits per heavy atom. The molecule has 0 saturated carbocycles. The predicted octanol–water partition coefficient (Wildman–Crippen LogP) is 2.67. The smallest absolute Gasteiger partial charge is 0.0811 e. The molecule has 0 aliphatic heterocycles. The Morgan fingerprint density at radius 2 is 1.54 bits per heavy atom. The predicted molar refractivity (Wildman–Crippen MR) is 105 cm³/mol. The molecule has 0 spiro atoms. The van der Waals surface area contributed by atoms with Gasteiger partial charge in [-0.25, -0.2) is 0 Å². The van der Waals surface area contributed by atoms with Crippen LogP contribution in [0.5, 0.6) is 0 Å². The third kappa shape index (κ3) is 5.92. The fraction of sp³-hybridized carbons (Fsp3) is 0.455. The summed E-state index contributed by atoms with van der Waals surface area (Å²) < 4.78 is 0. The molecule has 0 aromatic heterocycles. The van der Waals surface area contributed by atoms with E-state index in [1.165, 1.54) is 11.1 Å². The van der Waals surface area contributed by atoms with Crippen LogP contribution in [0.1, 0.15) is 47.6 Å². The Labute approximate surface area is 156 Å². The molecule has 1 atom stereocenters. The van der Waals surface area contributed by atoms with Crippen molar-refractivity contribution >= 4 is 0 Å². The van der Waals surface area contributed by atoms with Crippen LogP contribution in [-0.2, 0) is 12.8 Å². The van der Waals surface area contributed by atoms with Crippen molar-refractivity contribution in [3.8, 4) is 0 Å². The summed E-state index contributed by atoms with van der Waals surface area (Å²) in [7, 11) is 0. The maximum absolute atomic E-state index is 10.4. The lowest BCUT2D eigenvalue weighted by atomic mass is 9.89. The quantitative estimate of drug-likeness (QED) is 0.492. The Kier molecular flexibility index (Phi) is 7.79. The molecule has 0 fully saturated rings. The van der Waals surface area contributed by atoms with Crippen molar-refractivity contribution in [1.29, 1.82) is 0 Å². The first kappa shape index (κ1) is 20.6. The highest BCUT2D eigenvalue weighted by Crippen LogP contribution is 2.26. The Hall–Kier alpha value is -1.72. The van der Waals surface area contributed by atoms with E-state index in [0.717, 1.165) is 36.8 Å². The van der Waals surface area contributed by atoms with Gasteiger partial charge in [-0.2, -0.15) is 0 Å². The van der Waals surface area contributed by atoms with Crippen molar-refractivity contribution < 1.29 is 15.3 Å². The minimum absolute atomic E-state index is 0.122. The molecule has 5 N–H and O–H groups in total. The van der Waals surface area contributed by atoms with Gasteiger partial charge in [0.15, 0.2) is 0 Å². The van der Waals surface area contributed by atoms with E-state index in [2.05, 4.69) is 30.3 Å². The molecular weight excluding hydrogens is 326 g/mol. The summed E-state index contributed by atoms with van der Waals surface area (Å²) >= 11 is 0. The Balaban J connectivity index is 1.88. The SMILES string of the molecule is Cc1cc(CCCCc2ccccc2)ccc1C(O)CC(N)(CO)CO. The van der Waals surface area contributed by atoms with Gasteiger partial charge in [0.2, 0.25) is 0 Å². The lowest BCUT2D eigenvalue weighted by Crippen LogP contribution is -2.48. The Bertz CT molecular complexity index is 668. The fourth-order valence-electron chi connectivity index (χ4n) is 3.24. The van der Waals surface area contributed by atoms with Gasteiger partial charge in [-0.3, -0.25) is 0 Å². The minimum atomic E-state index is -1.16. The average Bonchev–Trinajstić information content (AvgIpc) is 2.66. The maximum atomic E-state index is 10.4. The van der Waals surface area contributed by atoms with Crippen LogP contribution in [0.4, 0.5) is 0 Å². The highest BCUT2D eigenvalue weighted by atomic mass is 16.3. The first-order chi connectivity index (χ1) is 12.5. The molecule has 0 amide bonds. The first-order valence-electron chi connectivity index (χ1n) is 9.29. The largest absolute Gasteiger partial charge is 0.394 e. The minimum Gasteiger partial charge on any atom is -0.394 e. The maximum Gasteiger partial charge on any atom is 0.0811 e. The van der Waals surface area contributed by atoms with Crippen molar-refractivity contribution in [2.24, 2.45) is 5.73 Å². The molecular formula is C22H31NO3. The van der Waals surface area contributed by atoms with Gasteiger partial charge in [-0.15, -0.1) is 0 Å². The monoisotopic (exact) mass is 357 g/mol. The number of unbranched alkanes of at least 4 members (excludes halogenated alkanes) is 1. The normalized spacial score (nSPS) is 13.0. The van der Waals surface area contributed by atoms with Gasteiger partial charge in [0.25, 0.3) is 0 Å². The number of aliphatic hydroxyl groups excluding tert-OH is 3. The second-order valence-corrected chi connectivity index (χ2v) is 7.28. The van der Waals surface area contributed by atoms with Crippen LogP contribution in [0.25, 0.3) is 0 Å². The second-order valence-electron chi connectivity index (χ2n) is 7.28. The molecule has 4 nitrogen and oxygen atoms in total. The molecule has 142 valence electrons. The van der Waals surface area contributed by atoms with Crippen molar-refractivity contribution in [3.63, 3.8) is 0 Å². The molecule has 1 unspecified atom stereocenters. The molecule has 2 rings (SSSR count). The molecule has 0 aliphatic carbocycles. The number of nitrogens with two attached hydrogens (primary N) is 1. The van der Waals surface area contributed by atoms with Crippen LogP contribution in [0, 0.1) is 6.92 Å². The van der Waals surface area contributed by atoms with E-state index in [1.807, 2.05) is 25.1 Å². The molecule has 0 radical (unpaired) electrons. The van der Waals surface area contributed by atoms with Crippen LogP contribution >= 0.6 is 0 Å². The lowest BCUT2D eigenvalue weighted by Gasteiger charge is -2.28. The summed E-state index contributed by atoms with van der Waals surface area (Å²) in [6.07, 6.45) is 3.70. The summed E-state index contributed by atoms with van der Waals surface area (Å²) in [5, 5.41) is 29.0. The van der Waals surface area contributed by atoms with E-state index in [4.69, 9.17) is 5.73 Å². The van der Waals surface area contributed by atoms with Crippen molar-refractivity contribution in [2.45, 2.75) is 50.7 Å². The molecule has 0 heterocycles. The topological polar surface area (TPSA) is 86.7 Å². The zero-order valence-corrected chi connectivity index (χ0v) is 15.6. The van der Waals surface area contributed by atoms with Gasteiger partial charge in [-0.1, -0.05) is 48.5 Å². The van der Waals surface area contributed by atoms with E-state index in [1.54, 1.807) is 0 Å². The van der Waals surface area contributed by atoms with Gasteiger partial charge < -0.3 is 21.1 Å². The van der Waals surface area contributed by atoms with Crippen molar-refractivity contribution in [1.82, 2.24) is 0 Å². The van der Waals surface area contributed by atoms with E-state index in [9.17, 15) is 15.3 Å². The molecule has 2 aromatic rings. The summed E-state index contributed by atoms with van der Waals surface area (Å²) in [6, 6.07) is 16.6. The summed E-state index contributed by atoms with van der Waals surface area (Å²) in [6.45, 7) is 1.25. The zero-order valence-electron chi connectivity index (χ0n) is 15.6. The van der Waals surface area contributed by atoms with Crippen LogP contribution in [0.3, 0.4) is 0 Å². The molecule has 0 bridgehead atoms. The Morgan fingerprint density at radius 1 is 0.923 bits per heavy atom. The van der Waals surface area contributed by atoms with Crippen LogP contribution in [-0.4, -0.2) is 34.1 Å². The summed E-state index contributed by atoms with van der Waals surface area (Å²) in [5.41, 5.74) is 9.16. The summed E-state index contributed by atoms with van der Waals surface area (Å²) in [4.78, 5) is 0. The number of hydrogen-bond donors (Lipinski definition) is 4. The van der Waals surface area contributed by atoms with Crippen LogP contribution in [0.2, 0.25) is 0 Å². The molecule has 2 aromatic carbocycles. The number of aryl methyl sites for hydroxylation is 3. The summed E-state index contributed by atoms with van der Waals surface area (Å²) in [5.74, 6) is 0. The lowest BCUT2D eigenvalue weighted by molar-refractivity contribution is 0.0615. The van der Waals surface area contributed by atoms with Gasteiger partial charge in [0.05, 0.1) is 24.9 Å². The van der Waals surface area contributed by atoms with Gasteiger partial charge in [-0.05, 0) is 61.3 Å².